The van der Waals surface area contributed by atoms with Crippen molar-refractivity contribution in [2.75, 3.05) is 26.2 Å². The minimum atomic E-state index is -3.74. The lowest BCUT2D eigenvalue weighted by Gasteiger charge is -2.33. The van der Waals surface area contributed by atoms with Crippen LogP contribution in [0.3, 0.4) is 0 Å². The minimum Gasteiger partial charge on any atom is -0.360 e. The van der Waals surface area contributed by atoms with Gasteiger partial charge in [0.1, 0.15) is 16.1 Å². The number of benzene rings is 1. The summed E-state index contributed by atoms with van der Waals surface area (Å²) < 4.78 is 27.6. The number of pyridine rings is 2. The highest BCUT2D eigenvalue weighted by molar-refractivity contribution is 7.89. The van der Waals surface area contributed by atoms with Crippen LogP contribution in [-0.4, -0.2) is 64.7 Å². The molecule has 4 heterocycles. The molecule has 0 atom stereocenters. The molecule has 0 radical (unpaired) electrons. The second-order valence-electron chi connectivity index (χ2n) is 7.33. The molecule has 1 aliphatic rings. The summed E-state index contributed by atoms with van der Waals surface area (Å²) in [6.07, 6.45) is 4.46. The Morgan fingerprint density at radius 2 is 1.68 bits per heavy atom. The number of nitrogens with zero attached hydrogens (tertiary/aromatic N) is 3. The number of rotatable bonds is 3. The Morgan fingerprint density at radius 3 is 2.48 bits per heavy atom. The molecule has 1 aliphatic heterocycles. The largest absolute Gasteiger partial charge is 0.360 e. The predicted molar refractivity (Wildman–Crippen MR) is 115 cm³/mol. The number of nitrogens with one attached hydrogen (secondary N) is 2. The maximum absolute atomic E-state index is 13.1. The van der Waals surface area contributed by atoms with Crippen molar-refractivity contribution in [1.82, 2.24) is 24.2 Å². The zero-order valence-corrected chi connectivity index (χ0v) is 17.2. The molecule has 0 bridgehead atoms. The van der Waals surface area contributed by atoms with Gasteiger partial charge in [0.2, 0.25) is 15.5 Å². The molecule has 10 heteroatoms. The number of hydrogen-bond donors (Lipinski definition) is 2. The van der Waals surface area contributed by atoms with Crippen LogP contribution in [0.15, 0.2) is 64.7 Å². The number of para-hydroxylation sites is 1. The summed E-state index contributed by atoms with van der Waals surface area (Å²) in [6, 6.07) is 10.4. The molecular formula is C21H19N5O4S. The monoisotopic (exact) mass is 437 g/mol. The normalized spacial score (nSPS) is 15.5. The maximum Gasteiger partial charge on any atom is 0.259 e. The highest BCUT2D eigenvalue weighted by atomic mass is 32.2. The number of carbonyl (C=O) groups excluding carboxylic acids is 1. The summed E-state index contributed by atoms with van der Waals surface area (Å²) in [6.45, 7) is 0.689. The van der Waals surface area contributed by atoms with Gasteiger partial charge in [-0.2, -0.15) is 4.31 Å². The standard InChI is InChI=1S/C21H19N5O4S/c27-19-14-4-1-2-6-17(14)23-12-16(19)21(28)25-8-10-26(11-9-25)31(29,30)18-13-24-20-15(18)5-3-7-22-20/h1-7,12-13H,8-11H2,(H,22,24)(H,23,27). The van der Waals surface area contributed by atoms with Crippen LogP contribution in [0.25, 0.3) is 21.9 Å². The van der Waals surface area contributed by atoms with E-state index in [1.54, 1.807) is 36.5 Å². The van der Waals surface area contributed by atoms with Crippen LogP contribution < -0.4 is 5.43 Å². The van der Waals surface area contributed by atoms with Crippen LogP contribution in [0, 0.1) is 0 Å². The first-order valence-electron chi connectivity index (χ1n) is 9.79. The number of amides is 1. The van der Waals surface area contributed by atoms with Crippen molar-refractivity contribution < 1.29 is 13.2 Å². The molecule has 1 fully saturated rings. The zero-order valence-electron chi connectivity index (χ0n) is 16.4. The first-order chi connectivity index (χ1) is 15.0. The van der Waals surface area contributed by atoms with Gasteiger partial charge in [-0.1, -0.05) is 12.1 Å². The van der Waals surface area contributed by atoms with Crippen LogP contribution in [0.2, 0.25) is 0 Å². The number of aromatic nitrogens is 3. The van der Waals surface area contributed by atoms with Gasteiger partial charge in [0.25, 0.3) is 5.91 Å². The van der Waals surface area contributed by atoms with E-state index in [1.807, 2.05) is 6.07 Å². The van der Waals surface area contributed by atoms with E-state index in [1.165, 1.54) is 21.6 Å². The molecule has 5 rings (SSSR count). The third-order valence-corrected chi connectivity index (χ3v) is 7.51. The van der Waals surface area contributed by atoms with Gasteiger partial charge < -0.3 is 14.9 Å². The molecule has 1 saturated heterocycles. The third-order valence-electron chi connectivity index (χ3n) is 5.58. The first-order valence-corrected chi connectivity index (χ1v) is 11.2. The summed E-state index contributed by atoms with van der Waals surface area (Å²) >= 11 is 0. The van der Waals surface area contributed by atoms with Crippen molar-refractivity contribution >= 4 is 37.9 Å². The number of fused-ring (bicyclic) bond motifs is 2. The van der Waals surface area contributed by atoms with E-state index in [4.69, 9.17) is 0 Å². The molecule has 0 saturated carbocycles. The highest BCUT2D eigenvalue weighted by Gasteiger charge is 2.32. The van der Waals surface area contributed by atoms with Crippen LogP contribution in [0.4, 0.5) is 0 Å². The van der Waals surface area contributed by atoms with Crippen LogP contribution in [0.1, 0.15) is 10.4 Å². The number of hydrogen-bond acceptors (Lipinski definition) is 5. The fraction of sp³-hybridized carbons (Fsp3) is 0.190. The third kappa shape index (κ3) is 3.20. The summed E-state index contributed by atoms with van der Waals surface area (Å²) in [5.74, 6) is -0.402. The smallest absolute Gasteiger partial charge is 0.259 e. The van der Waals surface area contributed by atoms with Crippen molar-refractivity contribution in [3.05, 3.63) is 70.8 Å². The van der Waals surface area contributed by atoms with Gasteiger partial charge >= 0.3 is 0 Å². The van der Waals surface area contributed by atoms with E-state index in [-0.39, 0.29) is 42.1 Å². The Kier molecular flexibility index (Phi) is 4.60. The summed E-state index contributed by atoms with van der Waals surface area (Å²) in [5.41, 5.74) is 0.886. The number of H-pyrrole nitrogens is 2. The molecule has 0 unspecified atom stereocenters. The van der Waals surface area contributed by atoms with E-state index in [9.17, 15) is 18.0 Å². The highest BCUT2D eigenvalue weighted by Crippen LogP contribution is 2.25. The molecule has 3 aromatic heterocycles. The second-order valence-corrected chi connectivity index (χ2v) is 9.23. The molecule has 2 N–H and O–H groups in total. The van der Waals surface area contributed by atoms with Crippen LogP contribution in [-0.2, 0) is 10.0 Å². The van der Waals surface area contributed by atoms with Crippen molar-refractivity contribution in [2.24, 2.45) is 0 Å². The molecule has 158 valence electrons. The van der Waals surface area contributed by atoms with Crippen molar-refractivity contribution in [1.29, 1.82) is 0 Å². The quantitative estimate of drug-likeness (QED) is 0.504. The molecule has 0 spiro atoms. The zero-order chi connectivity index (χ0) is 21.6. The number of carbonyl (C=O) groups is 1. The Bertz CT molecular complexity index is 1470. The lowest BCUT2D eigenvalue weighted by Crippen LogP contribution is -2.51. The van der Waals surface area contributed by atoms with Crippen molar-refractivity contribution in [2.45, 2.75) is 4.90 Å². The Morgan fingerprint density at radius 1 is 0.935 bits per heavy atom. The van der Waals surface area contributed by atoms with E-state index >= 15 is 0 Å². The summed E-state index contributed by atoms with van der Waals surface area (Å²) in [7, 11) is -3.74. The molecule has 4 aromatic rings. The summed E-state index contributed by atoms with van der Waals surface area (Å²) in [5, 5.41) is 0.978. The Hall–Kier alpha value is -3.50. The summed E-state index contributed by atoms with van der Waals surface area (Å²) in [4.78, 5) is 37.4. The van der Waals surface area contributed by atoms with Gasteiger partial charge in [-0.15, -0.1) is 0 Å². The molecule has 9 nitrogen and oxygen atoms in total. The van der Waals surface area contributed by atoms with E-state index in [0.29, 0.717) is 21.9 Å². The minimum absolute atomic E-state index is 0.0534. The molecule has 1 amide bonds. The van der Waals surface area contributed by atoms with E-state index < -0.39 is 15.9 Å². The topological polar surface area (TPSA) is 119 Å². The molecular weight excluding hydrogens is 418 g/mol. The Labute approximate surface area is 177 Å². The van der Waals surface area contributed by atoms with Crippen LogP contribution in [0.5, 0.6) is 0 Å². The second kappa shape index (κ2) is 7.33. The van der Waals surface area contributed by atoms with E-state index in [2.05, 4.69) is 15.0 Å². The number of aromatic amines is 2. The van der Waals surface area contributed by atoms with E-state index in [0.717, 1.165) is 0 Å². The Balaban J connectivity index is 1.36. The van der Waals surface area contributed by atoms with Gasteiger partial charge in [-0.3, -0.25) is 9.59 Å². The average Bonchev–Trinajstić information content (AvgIpc) is 3.24. The lowest BCUT2D eigenvalue weighted by atomic mass is 10.1. The number of sulfonamides is 1. The number of piperazine rings is 1. The molecule has 0 aliphatic carbocycles. The first kappa shape index (κ1) is 19.5. The SMILES string of the molecule is O=C(c1c[nH]c2ccccc2c1=O)N1CCN(S(=O)(=O)c2c[nH]c3ncccc23)CC1. The molecule has 1 aromatic carbocycles. The maximum atomic E-state index is 13.1. The van der Waals surface area contributed by atoms with Gasteiger partial charge in [0.05, 0.1) is 0 Å². The van der Waals surface area contributed by atoms with Gasteiger partial charge in [0.15, 0.2) is 0 Å². The fourth-order valence-electron chi connectivity index (χ4n) is 3.91. The van der Waals surface area contributed by atoms with Gasteiger partial charge in [-0.05, 0) is 24.3 Å². The lowest BCUT2D eigenvalue weighted by molar-refractivity contribution is 0.0696. The fourth-order valence-corrected chi connectivity index (χ4v) is 5.48. The molecule has 31 heavy (non-hydrogen) atoms. The van der Waals surface area contributed by atoms with Crippen molar-refractivity contribution in [3.63, 3.8) is 0 Å². The average molecular weight is 437 g/mol. The van der Waals surface area contributed by atoms with Gasteiger partial charge in [-0.25, -0.2) is 13.4 Å². The van der Waals surface area contributed by atoms with Crippen molar-refractivity contribution in [3.8, 4) is 0 Å². The van der Waals surface area contributed by atoms with Crippen LogP contribution >= 0.6 is 0 Å². The predicted octanol–water partition coefficient (Wildman–Crippen LogP) is 1.55. The van der Waals surface area contributed by atoms with Gasteiger partial charge in [0, 0.05) is 61.1 Å².